The highest BCUT2D eigenvalue weighted by molar-refractivity contribution is 5.83. The third-order valence-corrected chi connectivity index (χ3v) is 8.07. The van der Waals surface area contributed by atoms with Gasteiger partial charge in [0.05, 0.1) is 6.61 Å². The molecule has 0 aromatic heterocycles. The number of piperidine rings is 1. The maximum atomic E-state index is 13.3. The first kappa shape index (κ1) is 19.4. The van der Waals surface area contributed by atoms with Crippen molar-refractivity contribution in [3.05, 3.63) is 30.3 Å². The van der Waals surface area contributed by atoms with Gasteiger partial charge in [-0.05, 0) is 87.7 Å². The van der Waals surface area contributed by atoms with Crippen LogP contribution in [0.1, 0.15) is 57.8 Å². The summed E-state index contributed by atoms with van der Waals surface area (Å²) in [5.41, 5.74) is 0.000656. The molecule has 4 nitrogen and oxygen atoms in total. The van der Waals surface area contributed by atoms with Gasteiger partial charge in [-0.3, -0.25) is 4.79 Å². The van der Waals surface area contributed by atoms with Crippen LogP contribution in [0.15, 0.2) is 30.3 Å². The molecule has 4 aliphatic carbocycles. The third-order valence-electron chi connectivity index (χ3n) is 8.07. The second-order valence-corrected chi connectivity index (χ2v) is 10.3. The van der Waals surface area contributed by atoms with E-state index in [2.05, 4.69) is 10.2 Å². The smallest absolute Gasteiger partial charge is 0.226 e. The fourth-order valence-electron chi connectivity index (χ4n) is 7.02. The Hall–Kier alpha value is -1.55. The minimum Gasteiger partial charge on any atom is -0.494 e. The number of para-hydroxylation sites is 1. The summed E-state index contributed by atoms with van der Waals surface area (Å²) in [7, 11) is 0. The Labute approximate surface area is 175 Å². The molecular formula is C25H36N2O2. The quantitative estimate of drug-likeness (QED) is 0.701. The molecule has 1 heterocycles. The fourth-order valence-corrected chi connectivity index (χ4v) is 7.02. The summed E-state index contributed by atoms with van der Waals surface area (Å²) in [6, 6.07) is 10.4. The van der Waals surface area contributed by atoms with E-state index in [0.29, 0.717) is 11.9 Å². The second kappa shape index (κ2) is 8.29. The summed E-state index contributed by atoms with van der Waals surface area (Å²) >= 11 is 0. The lowest BCUT2D eigenvalue weighted by atomic mass is 9.49. The minimum atomic E-state index is 0.000656. The number of carbonyl (C=O) groups is 1. The first-order valence-corrected chi connectivity index (χ1v) is 11.9. The number of benzene rings is 1. The molecule has 29 heavy (non-hydrogen) atoms. The first-order chi connectivity index (χ1) is 14.2. The maximum absolute atomic E-state index is 13.3. The summed E-state index contributed by atoms with van der Waals surface area (Å²) in [5, 5.41) is 3.49. The van der Waals surface area contributed by atoms with Crippen LogP contribution in [0.2, 0.25) is 0 Å². The molecule has 1 N–H and O–H groups in total. The Morgan fingerprint density at radius 3 is 2.24 bits per heavy atom. The Balaban J connectivity index is 1.03. The largest absolute Gasteiger partial charge is 0.494 e. The van der Waals surface area contributed by atoms with Crippen LogP contribution in [0.25, 0.3) is 0 Å². The van der Waals surface area contributed by atoms with E-state index in [1.54, 1.807) is 0 Å². The van der Waals surface area contributed by atoms with Crippen LogP contribution in [0.4, 0.5) is 0 Å². The van der Waals surface area contributed by atoms with Crippen LogP contribution in [0.3, 0.4) is 0 Å². The van der Waals surface area contributed by atoms with Crippen LogP contribution < -0.4 is 10.1 Å². The van der Waals surface area contributed by atoms with E-state index in [0.717, 1.165) is 69.0 Å². The SMILES string of the molecule is O=C(NC1CCN(CCCOc2ccccc2)CC1)C12CC3CC(CC(C3)C1)C2. The number of rotatable bonds is 7. The maximum Gasteiger partial charge on any atom is 0.226 e. The van der Waals surface area contributed by atoms with Crippen molar-refractivity contribution in [2.75, 3.05) is 26.2 Å². The second-order valence-electron chi connectivity index (χ2n) is 10.3. The van der Waals surface area contributed by atoms with Gasteiger partial charge in [0.1, 0.15) is 5.75 Å². The topological polar surface area (TPSA) is 41.6 Å². The fraction of sp³-hybridized carbons (Fsp3) is 0.720. The summed E-state index contributed by atoms with van der Waals surface area (Å²) in [4.78, 5) is 15.8. The molecule has 0 spiro atoms. The van der Waals surface area contributed by atoms with Crippen molar-refractivity contribution < 1.29 is 9.53 Å². The zero-order valence-electron chi connectivity index (χ0n) is 17.7. The number of ether oxygens (including phenoxy) is 1. The molecule has 158 valence electrons. The first-order valence-electron chi connectivity index (χ1n) is 11.9. The molecule has 0 radical (unpaired) electrons. The van der Waals surface area contributed by atoms with Gasteiger partial charge in [-0.2, -0.15) is 0 Å². The molecule has 5 aliphatic rings. The monoisotopic (exact) mass is 396 g/mol. The van der Waals surface area contributed by atoms with Gasteiger partial charge >= 0.3 is 0 Å². The number of nitrogens with zero attached hydrogens (tertiary/aromatic N) is 1. The van der Waals surface area contributed by atoms with E-state index in [1.807, 2.05) is 30.3 Å². The van der Waals surface area contributed by atoms with Crippen molar-refractivity contribution in [1.29, 1.82) is 0 Å². The molecule has 0 unspecified atom stereocenters. The molecule has 4 saturated carbocycles. The van der Waals surface area contributed by atoms with Gasteiger partial charge in [-0.1, -0.05) is 18.2 Å². The third kappa shape index (κ3) is 4.33. The van der Waals surface area contributed by atoms with Crippen molar-refractivity contribution >= 4 is 5.91 Å². The molecule has 1 aliphatic heterocycles. The van der Waals surface area contributed by atoms with Crippen LogP contribution in [0, 0.1) is 23.2 Å². The van der Waals surface area contributed by atoms with Crippen molar-refractivity contribution in [3.63, 3.8) is 0 Å². The zero-order valence-corrected chi connectivity index (χ0v) is 17.7. The highest BCUT2D eigenvalue weighted by atomic mass is 16.5. The van der Waals surface area contributed by atoms with E-state index >= 15 is 0 Å². The molecule has 1 aromatic carbocycles. The Kier molecular flexibility index (Phi) is 5.55. The van der Waals surface area contributed by atoms with Crippen LogP contribution in [-0.4, -0.2) is 43.1 Å². The number of likely N-dealkylation sites (tertiary alicyclic amines) is 1. The van der Waals surface area contributed by atoms with Gasteiger partial charge in [-0.15, -0.1) is 0 Å². The molecule has 6 rings (SSSR count). The van der Waals surface area contributed by atoms with Crippen molar-refractivity contribution in [2.45, 2.75) is 63.8 Å². The van der Waals surface area contributed by atoms with E-state index in [4.69, 9.17) is 4.74 Å². The van der Waals surface area contributed by atoms with Gasteiger partial charge < -0.3 is 15.0 Å². The zero-order chi connectivity index (χ0) is 19.7. The van der Waals surface area contributed by atoms with Crippen LogP contribution in [-0.2, 0) is 4.79 Å². The lowest BCUT2D eigenvalue weighted by Crippen LogP contribution is -2.56. The highest BCUT2D eigenvalue weighted by Crippen LogP contribution is 2.60. The van der Waals surface area contributed by atoms with Gasteiger partial charge in [0.25, 0.3) is 0 Å². The number of amides is 1. The van der Waals surface area contributed by atoms with Gasteiger partial charge in [0, 0.05) is 31.1 Å². The Bertz CT molecular complexity index is 661. The summed E-state index contributed by atoms with van der Waals surface area (Å²) in [6.45, 7) is 4.05. The molecule has 1 aromatic rings. The van der Waals surface area contributed by atoms with Gasteiger partial charge in [0.2, 0.25) is 5.91 Å². The molecule has 1 saturated heterocycles. The van der Waals surface area contributed by atoms with E-state index in [9.17, 15) is 4.79 Å². The van der Waals surface area contributed by atoms with Gasteiger partial charge in [0.15, 0.2) is 0 Å². The van der Waals surface area contributed by atoms with Crippen molar-refractivity contribution in [2.24, 2.45) is 23.2 Å². The number of nitrogens with one attached hydrogen (secondary N) is 1. The lowest BCUT2D eigenvalue weighted by Gasteiger charge is -2.56. The predicted molar refractivity (Wildman–Crippen MR) is 115 cm³/mol. The van der Waals surface area contributed by atoms with E-state index < -0.39 is 0 Å². The molecule has 4 bridgehead atoms. The van der Waals surface area contributed by atoms with Gasteiger partial charge in [-0.25, -0.2) is 0 Å². The number of carbonyl (C=O) groups excluding carboxylic acids is 1. The summed E-state index contributed by atoms with van der Waals surface area (Å²) in [6.07, 6.45) is 11.0. The summed E-state index contributed by atoms with van der Waals surface area (Å²) in [5.74, 6) is 3.88. The van der Waals surface area contributed by atoms with Crippen molar-refractivity contribution in [1.82, 2.24) is 10.2 Å². The lowest BCUT2D eigenvalue weighted by molar-refractivity contribution is -0.147. The molecule has 1 amide bonds. The Morgan fingerprint density at radius 1 is 1.00 bits per heavy atom. The summed E-state index contributed by atoms with van der Waals surface area (Å²) < 4.78 is 5.80. The molecule has 4 heteroatoms. The normalized spacial score (nSPS) is 34.3. The Morgan fingerprint density at radius 2 is 1.62 bits per heavy atom. The number of hydrogen-bond donors (Lipinski definition) is 1. The minimum absolute atomic E-state index is 0.000656. The number of hydrogen-bond acceptors (Lipinski definition) is 3. The standard InChI is InChI=1S/C25H36N2O2/c28-24(25-16-19-13-20(17-25)15-21(14-19)18-25)26-22-7-10-27(11-8-22)9-4-12-29-23-5-2-1-3-6-23/h1-3,5-6,19-22H,4,7-18H2,(H,26,28). The van der Waals surface area contributed by atoms with E-state index in [-0.39, 0.29) is 5.41 Å². The van der Waals surface area contributed by atoms with Crippen molar-refractivity contribution in [3.8, 4) is 5.75 Å². The average Bonchev–Trinajstić information content (AvgIpc) is 2.72. The average molecular weight is 397 g/mol. The van der Waals surface area contributed by atoms with E-state index in [1.165, 1.54) is 38.5 Å². The van der Waals surface area contributed by atoms with Crippen LogP contribution >= 0.6 is 0 Å². The molecule has 0 atom stereocenters. The highest BCUT2D eigenvalue weighted by Gasteiger charge is 2.54. The van der Waals surface area contributed by atoms with Crippen LogP contribution in [0.5, 0.6) is 5.75 Å². The predicted octanol–water partition coefficient (Wildman–Crippen LogP) is 4.25. The molecular weight excluding hydrogens is 360 g/mol. The molecule has 5 fully saturated rings.